The third kappa shape index (κ3) is 8.59. The molecule has 2 N–H and O–H groups in total. The van der Waals surface area contributed by atoms with E-state index in [4.69, 9.17) is 16.3 Å². The Hall–Kier alpha value is -5.30. The molecule has 0 amide bonds. The molecule has 0 saturated heterocycles. The normalized spacial score (nSPS) is 11.9. The van der Waals surface area contributed by atoms with Crippen LogP contribution in [0.1, 0.15) is 38.8 Å². The quantitative estimate of drug-likeness (QED) is 0.116. The molecular formula is C39H32ClF3N2O6S. The van der Waals surface area contributed by atoms with E-state index in [1.165, 1.54) is 24.3 Å². The van der Waals surface area contributed by atoms with E-state index >= 15 is 0 Å². The predicted molar refractivity (Wildman–Crippen MR) is 192 cm³/mol. The Kier molecular flexibility index (Phi) is 10.9. The number of carboxylic acids is 1. The monoisotopic (exact) mass is 748 g/mol. The van der Waals surface area contributed by atoms with E-state index in [1.807, 2.05) is 72.8 Å². The van der Waals surface area contributed by atoms with Crippen LogP contribution in [0.2, 0.25) is 5.02 Å². The van der Waals surface area contributed by atoms with E-state index in [1.54, 1.807) is 18.2 Å². The summed E-state index contributed by atoms with van der Waals surface area (Å²) in [6.07, 6.45) is -4.43. The maximum atomic E-state index is 13.4. The number of fused-ring (bicyclic) bond motifs is 1. The van der Waals surface area contributed by atoms with Crippen molar-refractivity contribution >= 4 is 38.5 Å². The number of halogens is 4. The van der Waals surface area contributed by atoms with Crippen molar-refractivity contribution in [3.05, 3.63) is 160 Å². The van der Waals surface area contributed by atoms with E-state index in [0.717, 1.165) is 45.4 Å². The van der Waals surface area contributed by atoms with Gasteiger partial charge in [0.05, 0.1) is 23.1 Å². The van der Waals surface area contributed by atoms with Crippen LogP contribution in [-0.2, 0) is 22.9 Å². The lowest BCUT2D eigenvalue weighted by molar-refractivity contribution is -0.274. The molecule has 0 aliphatic carbocycles. The average molecular weight is 749 g/mol. The number of hydrogen-bond acceptors (Lipinski definition) is 5. The van der Waals surface area contributed by atoms with Gasteiger partial charge in [-0.15, -0.1) is 13.2 Å². The topological polar surface area (TPSA) is 107 Å². The predicted octanol–water partition coefficient (Wildman–Crippen LogP) is 8.67. The summed E-state index contributed by atoms with van der Waals surface area (Å²) in [6.45, 7) is 0.0989. The molecule has 0 unspecified atom stereocenters. The first-order chi connectivity index (χ1) is 24.9. The highest BCUT2D eigenvalue weighted by Gasteiger charge is 2.32. The maximum absolute atomic E-state index is 13.4. The second-order valence-electron chi connectivity index (χ2n) is 11.8. The largest absolute Gasteiger partial charge is 0.573 e. The number of nitrogens with zero attached hydrogens (tertiary/aromatic N) is 1. The van der Waals surface area contributed by atoms with Crippen LogP contribution in [0.3, 0.4) is 0 Å². The van der Waals surface area contributed by atoms with Crippen LogP contribution in [0.15, 0.2) is 132 Å². The van der Waals surface area contributed by atoms with Crippen molar-refractivity contribution in [1.82, 2.24) is 9.29 Å². The molecule has 13 heteroatoms. The van der Waals surface area contributed by atoms with Gasteiger partial charge in [-0.25, -0.2) is 17.9 Å². The van der Waals surface area contributed by atoms with Crippen LogP contribution in [0.4, 0.5) is 13.2 Å². The molecule has 6 aromatic rings. The molecule has 0 spiro atoms. The third-order valence-electron chi connectivity index (χ3n) is 8.40. The smallest absolute Gasteiger partial charge is 0.493 e. The van der Waals surface area contributed by atoms with E-state index in [9.17, 15) is 31.5 Å². The zero-order chi connectivity index (χ0) is 36.9. The fourth-order valence-corrected chi connectivity index (χ4v) is 7.44. The van der Waals surface area contributed by atoms with Gasteiger partial charge >= 0.3 is 12.3 Å². The van der Waals surface area contributed by atoms with Crippen molar-refractivity contribution < 1.29 is 41.0 Å². The molecule has 1 aromatic heterocycles. The van der Waals surface area contributed by atoms with Gasteiger partial charge in [-0.3, -0.25) is 0 Å². The summed E-state index contributed by atoms with van der Waals surface area (Å²) in [6, 6.07) is 35.2. The molecule has 6 rings (SSSR count). The van der Waals surface area contributed by atoms with Gasteiger partial charge in [0.15, 0.2) is 0 Å². The Morgan fingerprint density at radius 1 is 0.808 bits per heavy atom. The highest BCUT2D eigenvalue weighted by Crippen LogP contribution is 2.38. The van der Waals surface area contributed by atoms with Crippen molar-refractivity contribution in [3.8, 4) is 11.5 Å². The number of alkyl halides is 3. The Bertz CT molecular complexity index is 2240. The fourth-order valence-electron chi connectivity index (χ4n) is 6.20. The molecule has 0 radical (unpaired) electrons. The summed E-state index contributed by atoms with van der Waals surface area (Å²) < 4.78 is 80.0. The van der Waals surface area contributed by atoms with Crippen molar-refractivity contribution in [1.29, 1.82) is 0 Å². The summed E-state index contributed by atoms with van der Waals surface area (Å²) >= 11 is 6.56. The summed E-state index contributed by atoms with van der Waals surface area (Å²) in [7, 11) is -4.25. The molecule has 1 heterocycles. The minimum atomic E-state index is -4.98. The SMILES string of the molecule is O=C(O)c1ccc(OCCc2c(CCNS(=O)(=O)c3cccc(OC(F)(F)F)c3)n(C(c3ccccc3)c3ccccc3)c3ccc(Cl)cc23)cc1. The molecule has 5 aromatic carbocycles. The van der Waals surface area contributed by atoms with Crippen LogP contribution in [-0.4, -0.2) is 43.6 Å². The van der Waals surface area contributed by atoms with E-state index in [0.29, 0.717) is 17.2 Å². The van der Waals surface area contributed by atoms with Gasteiger partial charge in [0.2, 0.25) is 10.0 Å². The molecular weight excluding hydrogens is 717 g/mol. The lowest BCUT2D eigenvalue weighted by Gasteiger charge is -2.25. The van der Waals surface area contributed by atoms with Gasteiger partial charge in [-0.05, 0) is 71.3 Å². The van der Waals surface area contributed by atoms with Crippen molar-refractivity contribution in [3.63, 3.8) is 0 Å². The van der Waals surface area contributed by atoms with Gasteiger partial charge in [0.1, 0.15) is 11.5 Å². The first-order valence-electron chi connectivity index (χ1n) is 16.1. The zero-order valence-corrected chi connectivity index (χ0v) is 29.0. The van der Waals surface area contributed by atoms with Crippen LogP contribution >= 0.6 is 11.6 Å². The van der Waals surface area contributed by atoms with Gasteiger partial charge in [-0.2, -0.15) is 0 Å². The zero-order valence-electron chi connectivity index (χ0n) is 27.4. The average Bonchev–Trinajstić information content (AvgIpc) is 3.40. The van der Waals surface area contributed by atoms with Gasteiger partial charge < -0.3 is 19.1 Å². The van der Waals surface area contributed by atoms with Crippen LogP contribution in [0.5, 0.6) is 11.5 Å². The van der Waals surface area contributed by atoms with Crippen LogP contribution < -0.4 is 14.2 Å². The number of carboxylic acid groups (broad SMARTS) is 1. The fraction of sp³-hybridized carbons (Fsp3) is 0.154. The Labute approximate surface area is 303 Å². The number of benzene rings is 5. The number of carbonyl (C=O) groups is 1. The molecule has 52 heavy (non-hydrogen) atoms. The summed E-state index contributed by atoms with van der Waals surface area (Å²) in [5, 5.41) is 10.6. The molecule has 0 fully saturated rings. The molecule has 0 bridgehead atoms. The van der Waals surface area contributed by atoms with Crippen LogP contribution in [0.25, 0.3) is 10.9 Å². The number of aromatic nitrogens is 1. The van der Waals surface area contributed by atoms with E-state index in [2.05, 4.69) is 14.0 Å². The molecule has 0 saturated carbocycles. The minimum absolute atomic E-state index is 0.0997. The Morgan fingerprint density at radius 3 is 2.08 bits per heavy atom. The van der Waals surface area contributed by atoms with E-state index in [-0.39, 0.29) is 36.1 Å². The van der Waals surface area contributed by atoms with Crippen molar-refractivity contribution in [2.45, 2.75) is 30.1 Å². The van der Waals surface area contributed by atoms with Gasteiger partial charge in [0.25, 0.3) is 0 Å². The number of aromatic carboxylic acids is 1. The third-order valence-corrected chi connectivity index (χ3v) is 10.1. The van der Waals surface area contributed by atoms with Crippen molar-refractivity contribution in [2.24, 2.45) is 0 Å². The number of nitrogens with one attached hydrogen (secondary N) is 1. The standard InChI is InChI=1S/C39H32ClF3N2O6S/c40-29-16-19-35-34(24-29)33(21-23-50-30-17-14-28(15-18-30)38(46)47)36(45(35)37(26-8-3-1-4-9-26)27-10-5-2-6-11-27)20-22-44-52(48,49)32-13-7-12-31(25-32)51-39(41,42)43/h1-19,24-25,37,44H,20-23H2,(H,46,47). The van der Waals surface area contributed by atoms with Gasteiger partial charge in [0, 0.05) is 47.1 Å². The summed E-state index contributed by atoms with van der Waals surface area (Å²) in [5.74, 6) is -1.23. The molecule has 0 aliphatic rings. The number of rotatable bonds is 14. The lowest BCUT2D eigenvalue weighted by atomic mass is 9.97. The highest BCUT2D eigenvalue weighted by atomic mass is 35.5. The first kappa shape index (κ1) is 36.5. The van der Waals surface area contributed by atoms with Crippen LogP contribution in [0, 0.1) is 0 Å². The molecule has 268 valence electrons. The first-order valence-corrected chi connectivity index (χ1v) is 18.0. The minimum Gasteiger partial charge on any atom is -0.493 e. The second-order valence-corrected chi connectivity index (χ2v) is 14.0. The highest BCUT2D eigenvalue weighted by molar-refractivity contribution is 7.89. The number of sulfonamides is 1. The molecule has 8 nitrogen and oxygen atoms in total. The van der Waals surface area contributed by atoms with Crippen molar-refractivity contribution in [2.75, 3.05) is 13.2 Å². The Balaban J connectivity index is 1.40. The Morgan fingerprint density at radius 2 is 1.46 bits per heavy atom. The summed E-state index contributed by atoms with van der Waals surface area (Å²) in [4.78, 5) is 10.9. The maximum Gasteiger partial charge on any atom is 0.573 e. The molecule has 0 aliphatic heterocycles. The van der Waals surface area contributed by atoms with Gasteiger partial charge in [-0.1, -0.05) is 78.3 Å². The lowest BCUT2D eigenvalue weighted by Crippen LogP contribution is -2.27. The number of hydrogen-bond donors (Lipinski definition) is 2. The summed E-state index contributed by atoms with van der Waals surface area (Å²) in [5.41, 5.74) is 4.57. The number of ether oxygens (including phenoxy) is 2. The second kappa shape index (κ2) is 15.5. The molecule has 0 atom stereocenters. The van der Waals surface area contributed by atoms with E-state index < -0.39 is 28.1 Å².